The van der Waals surface area contributed by atoms with E-state index in [1.54, 1.807) is 0 Å². The molecule has 0 fully saturated rings. The van der Waals surface area contributed by atoms with E-state index in [2.05, 4.69) is 0 Å². The van der Waals surface area contributed by atoms with Gasteiger partial charge in [0.05, 0.1) is 0 Å². The van der Waals surface area contributed by atoms with E-state index < -0.39 is 21.2 Å². The van der Waals surface area contributed by atoms with Crippen molar-refractivity contribution < 1.29 is 23.2 Å². The highest BCUT2D eigenvalue weighted by Crippen LogP contribution is 2.26. The summed E-state index contributed by atoms with van der Waals surface area (Å²) in [5.41, 5.74) is 0. The normalized spacial score (nSPS) is 16.7. The van der Waals surface area contributed by atoms with E-state index >= 15 is 0 Å². The summed E-state index contributed by atoms with van der Waals surface area (Å²) in [5.74, 6) is 0. The molecule has 0 aromatic heterocycles. The standard InChI is InChI=1S/C9H20O5S/c1-3-4-5-6-7-9(2,8(10)11)15(12,13)14/h8,10-11H,3-7H2,1-2H3,(H,12,13,14). The van der Waals surface area contributed by atoms with Crippen LogP contribution in [0.3, 0.4) is 0 Å². The molecule has 0 saturated carbocycles. The smallest absolute Gasteiger partial charge is 0.275 e. The minimum absolute atomic E-state index is 0.0451. The van der Waals surface area contributed by atoms with E-state index in [1.165, 1.54) is 0 Å². The van der Waals surface area contributed by atoms with E-state index in [0.717, 1.165) is 26.2 Å². The highest BCUT2D eigenvalue weighted by molar-refractivity contribution is 7.87. The third-order valence-corrected chi connectivity index (χ3v) is 4.26. The van der Waals surface area contributed by atoms with Crippen LogP contribution in [0.5, 0.6) is 0 Å². The first kappa shape index (κ1) is 14.8. The number of hydrogen-bond acceptors (Lipinski definition) is 4. The van der Waals surface area contributed by atoms with Crippen molar-refractivity contribution in [1.82, 2.24) is 0 Å². The predicted octanol–water partition coefficient (Wildman–Crippen LogP) is 0.914. The average Bonchev–Trinajstić information content (AvgIpc) is 2.09. The van der Waals surface area contributed by atoms with Crippen LogP contribution < -0.4 is 0 Å². The molecule has 6 heteroatoms. The zero-order chi connectivity index (χ0) is 12.1. The van der Waals surface area contributed by atoms with Gasteiger partial charge >= 0.3 is 0 Å². The molecule has 5 nitrogen and oxygen atoms in total. The van der Waals surface area contributed by atoms with Gasteiger partial charge in [-0.2, -0.15) is 8.42 Å². The second-order valence-corrected chi connectivity index (χ2v) is 5.85. The highest BCUT2D eigenvalue weighted by Gasteiger charge is 2.43. The Bertz CT molecular complexity index is 272. The summed E-state index contributed by atoms with van der Waals surface area (Å²) in [7, 11) is -4.45. The third kappa shape index (κ3) is 4.06. The Labute approximate surface area is 90.9 Å². The number of aliphatic hydroxyl groups excluding tert-OH is 1. The fourth-order valence-corrected chi connectivity index (χ4v) is 1.96. The molecule has 0 aliphatic carbocycles. The van der Waals surface area contributed by atoms with Gasteiger partial charge in [-0.15, -0.1) is 0 Å². The molecule has 0 spiro atoms. The van der Waals surface area contributed by atoms with E-state index in [-0.39, 0.29) is 6.42 Å². The quantitative estimate of drug-likeness (QED) is 0.349. The lowest BCUT2D eigenvalue weighted by atomic mass is 10.0. The summed E-state index contributed by atoms with van der Waals surface area (Å²) in [5, 5.41) is 18.0. The number of unbranched alkanes of at least 4 members (excludes halogenated alkanes) is 3. The van der Waals surface area contributed by atoms with Gasteiger partial charge in [0.1, 0.15) is 4.75 Å². The average molecular weight is 240 g/mol. The second kappa shape index (κ2) is 5.79. The Kier molecular flexibility index (Phi) is 5.72. The van der Waals surface area contributed by atoms with E-state index in [1.807, 2.05) is 6.92 Å². The Hall–Kier alpha value is -0.170. The molecule has 0 amide bonds. The largest absolute Gasteiger partial charge is 0.367 e. The monoisotopic (exact) mass is 240 g/mol. The molecule has 0 saturated heterocycles. The second-order valence-electron chi connectivity index (χ2n) is 3.97. The lowest BCUT2D eigenvalue weighted by Crippen LogP contribution is -2.46. The predicted molar refractivity (Wildman–Crippen MR) is 56.9 cm³/mol. The number of aliphatic hydroxyl groups is 2. The van der Waals surface area contributed by atoms with Crippen molar-refractivity contribution in [3.8, 4) is 0 Å². The maximum atomic E-state index is 11.0. The summed E-state index contributed by atoms with van der Waals surface area (Å²) < 4.78 is 29.0. The van der Waals surface area contributed by atoms with Crippen LogP contribution in [0.4, 0.5) is 0 Å². The Morgan fingerprint density at radius 1 is 1.20 bits per heavy atom. The van der Waals surface area contributed by atoms with Crippen molar-refractivity contribution in [2.24, 2.45) is 0 Å². The van der Waals surface area contributed by atoms with E-state index in [0.29, 0.717) is 6.42 Å². The van der Waals surface area contributed by atoms with Gasteiger partial charge in [-0.05, 0) is 13.3 Å². The maximum Gasteiger partial charge on any atom is 0.275 e. The van der Waals surface area contributed by atoms with Gasteiger partial charge in [0.25, 0.3) is 10.1 Å². The number of hydrogen-bond donors (Lipinski definition) is 3. The zero-order valence-corrected chi connectivity index (χ0v) is 10.00. The van der Waals surface area contributed by atoms with Gasteiger partial charge in [-0.3, -0.25) is 4.55 Å². The SMILES string of the molecule is CCCCCCC(C)(C(O)O)S(=O)(=O)O. The van der Waals surface area contributed by atoms with Crippen LogP contribution in [-0.4, -0.2) is 34.2 Å². The Morgan fingerprint density at radius 3 is 2.07 bits per heavy atom. The van der Waals surface area contributed by atoms with E-state index in [4.69, 9.17) is 14.8 Å². The zero-order valence-electron chi connectivity index (χ0n) is 9.18. The Balaban J connectivity index is 4.42. The highest BCUT2D eigenvalue weighted by atomic mass is 32.2. The fraction of sp³-hybridized carbons (Fsp3) is 1.00. The summed E-state index contributed by atoms with van der Waals surface area (Å²) in [6, 6.07) is 0. The van der Waals surface area contributed by atoms with Gasteiger partial charge in [0.15, 0.2) is 6.29 Å². The van der Waals surface area contributed by atoms with Crippen molar-refractivity contribution in [2.45, 2.75) is 57.0 Å². The first-order chi connectivity index (χ1) is 6.75. The Morgan fingerprint density at radius 2 is 1.73 bits per heavy atom. The molecule has 0 rings (SSSR count). The third-order valence-electron chi connectivity index (χ3n) is 2.66. The maximum absolute atomic E-state index is 11.0. The van der Waals surface area contributed by atoms with E-state index in [9.17, 15) is 8.42 Å². The molecule has 92 valence electrons. The van der Waals surface area contributed by atoms with Gasteiger partial charge in [0, 0.05) is 0 Å². The fourth-order valence-electron chi connectivity index (χ4n) is 1.29. The minimum atomic E-state index is -4.45. The number of rotatable bonds is 7. The summed E-state index contributed by atoms with van der Waals surface area (Å²) >= 11 is 0. The molecule has 0 aliphatic rings. The lowest BCUT2D eigenvalue weighted by molar-refractivity contribution is -0.0715. The molecule has 1 atom stereocenters. The van der Waals surface area contributed by atoms with Crippen molar-refractivity contribution in [3.63, 3.8) is 0 Å². The van der Waals surface area contributed by atoms with Crippen molar-refractivity contribution in [1.29, 1.82) is 0 Å². The van der Waals surface area contributed by atoms with Crippen LogP contribution in [0.2, 0.25) is 0 Å². The molecule has 15 heavy (non-hydrogen) atoms. The molecule has 3 N–H and O–H groups in total. The summed E-state index contributed by atoms with van der Waals surface area (Å²) in [6.45, 7) is 3.15. The van der Waals surface area contributed by atoms with Crippen molar-refractivity contribution in [3.05, 3.63) is 0 Å². The van der Waals surface area contributed by atoms with Crippen LogP contribution in [0.25, 0.3) is 0 Å². The van der Waals surface area contributed by atoms with Gasteiger partial charge in [0.2, 0.25) is 0 Å². The molecular formula is C9H20O5S. The van der Waals surface area contributed by atoms with Crippen LogP contribution >= 0.6 is 0 Å². The van der Waals surface area contributed by atoms with Crippen molar-refractivity contribution >= 4 is 10.1 Å². The molecule has 0 bridgehead atoms. The topological polar surface area (TPSA) is 94.8 Å². The molecule has 0 aliphatic heterocycles. The van der Waals surface area contributed by atoms with Crippen LogP contribution in [0.15, 0.2) is 0 Å². The molecule has 1 unspecified atom stereocenters. The van der Waals surface area contributed by atoms with Gasteiger partial charge in [-0.1, -0.05) is 32.6 Å². The lowest BCUT2D eigenvalue weighted by Gasteiger charge is -2.27. The first-order valence-electron chi connectivity index (χ1n) is 5.09. The van der Waals surface area contributed by atoms with Crippen molar-refractivity contribution in [2.75, 3.05) is 0 Å². The van der Waals surface area contributed by atoms with Gasteiger partial charge in [-0.25, -0.2) is 0 Å². The molecule has 0 radical (unpaired) electrons. The van der Waals surface area contributed by atoms with Crippen LogP contribution in [0.1, 0.15) is 46.0 Å². The molecular weight excluding hydrogens is 220 g/mol. The molecule has 0 heterocycles. The molecule has 0 aromatic carbocycles. The van der Waals surface area contributed by atoms with Gasteiger partial charge < -0.3 is 10.2 Å². The summed E-state index contributed by atoms with van der Waals surface area (Å²) in [6.07, 6.45) is 1.31. The van der Waals surface area contributed by atoms with Crippen LogP contribution in [-0.2, 0) is 10.1 Å². The summed E-state index contributed by atoms with van der Waals surface area (Å²) in [4.78, 5) is 0. The minimum Gasteiger partial charge on any atom is -0.367 e. The van der Waals surface area contributed by atoms with Crippen LogP contribution in [0, 0.1) is 0 Å². The first-order valence-corrected chi connectivity index (χ1v) is 6.53. The molecule has 0 aromatic rings.